The van der Waals surface area contributed by atoms with Crippen LogP contribution in [0.25, 0.3) is 0 Å². The molecule has 1 heterocycles. The van der Waals surface area contributed by atoms with Gasteiger partial charge in [-0.1, -0.05) is 13.8 Å². The molecule has 0 radical (unpaired) electrons. The zero-order chi connectivity index (χ0) is 23.2. The monoisotopic (exact) mass is 429 g/mol. The lowest BCUT2D eigenvalue weighted by Crippen LogP contribution is -2.48. The van der Waals surface area contributed by atoms with Crippen molar-refractivity contribution in [1.82, 2.24) is 15.5 Å². The van der Waals surface area contributed by atoms with Crippen LogP contribution in [0.15, 0.2) is 0 Å². The number of hydrogen-bond donors (Lipinski definition) is 4. The van der Waals surface area contributed by atoms with E-state index in [2.05, 4.69) is 10.6 Å². The fourth-order valence-electron chi connectivity index (χ4n) is 3.07. The van der Waals surface area contributed by atoms with Crippen LogP contribution in [0, 0.1) is 23.7 Å². The molecule has 0 unspecified atom stereocenters. The van der Waals surface area contributed by atoms with Gasteiger partial charge in [-0.15, -0.1) is 0 Å². The van der Waals surface area contributed by atoms with E-state index in [1.165, 1.54) is 4.90 Å². The van der Waals surface area contributed by atoms with Gasteiger partial charge in [0.25, 0.3) is 0 Å². The van der Waals surface area contributed by atoms with Crippen molar-refractivity contribution >= 4 is 17.9 Å². The molecule has 1 rings (SSSR count). The number of carbonyl (C=O) groups excluding carboxylic acids is 3. The molecule has 0 aromatic carbocycles. The van der Waals surface area contributed by atoms with Crippen LogP contribution < -0.4 is 10.6 Å². The fourth-order valence-corrected chi connectivity index (χ4v) is 3.07. The molecule has 1 aliphatic rings. The molecule has 174 valence electrons. The third-order valence-electron chi connectivity index (χ3n) is 5.67. The summed E-state index contributed by atoms with van der Waals surface area (Å²) in [5.74, 6) is -2.43. The van der Waals surface area contributed by atoms with Gasteiger partial charge in [0, 0.05) is 38.4 Å². The summed E-state index contributed by atoms with van der Waals surface area (Å²) in [7, 11) is 0. The van der Waals surface area contributed by atoms with Gasteiger partial charge in [0.2, 0.25) is 11.8 Å². The quantitative estimate of drug-likeness (QED) is 0.450. The summed E-state index contributed by atoms with van der Waals surface area (Å²) in [5.41, 5.74) is -0.689. The first kappa shape index (κ1) is 26.2. The minimum atomic E-state index is -0.734. The topological polar surface area (TPSA) is 128 Å². The molecule has 1 saturated heterocycles. The third-order valence-corrected chi connectivity index (χ3v) is 5.67. The van der Waals surface area contributed by atoms with E-state index >= 15 is 0 Å². The summed E-state index contributed by atoms with van der Waals surface area (Å²) in [6.45, 7) is 12.5. The molecule has 9 heteroatoms. The van der Waals surface area contributed by atoms with E-state index in [1.54, 1.807) is 34.6 Å². The fraction of sp³-hybridized carbons (Fsp3) is 0.857. The molecular weight excluding hydrogens is 390 g/mol. The van der Waals surface area contributed by atoms with E-state index in [1.807, 2.05) is 13.8 Å². The second-order valence-corrected chi connectivity index (χ2v) is 9.51. The number of amides is 3. The highest BCUT2D eigenvalue weighted by Crippen LogP contribution is 2.27. The Hall–Kier alpha value is -1.87. The van der Waals surface area contributed by atoms with E-state index in [4.69, 9.17) is 4.74 Å². The van der Waals surface area contributed by atoms with E-state index in [9.17, 15) is 24.6 Å². The van der Waals surface area contributed by atoms with Crippen molar-refractivity contribution in [1.29, 1.82) is 0 Å². The molecule has 0 aromatic rings. The Bertz CT molecular complexity index is 568. The number of nitrogens with one attached hydrogen (secondary N) is 2. The van der Waals surface area contributed by atoms with Crippen LogP contribution >= 0.6 is 0 Å². The van der Waals surface area contributed by atoms with Crippen LogP contribution in [0.5, 0.6) is 0 Å². The molecule has 1 fully saturated rings. The number of nitrogens with zero attached hydrogens (tertiary/aromatic N) is 1. The maximum Gasteiger partial charge on any atom is 0.410 e. The van der Waals surface area contributed by atoms with Crippen LogP contribution in [-0.2, 0) is 14.3 Å². The van der Waals surface area contributed by atoms with Crippen molar-refractivity contribution in [2.75, 3.05) is 26.3 Å². The highest BCUT2D eigenvalue weighted by Gasteiger charge is 2.45. The van der Waals surface area contributed by atoms with Crippen molar-refractivity contribution in [3.8, 4) is 0 Å². The number of carbonyl (C=O) groups is 3. The van der Waals surface area contributed by atoms with Gasteiger partial charge >= 0.3 is 6.09 Å². The molecule has 4 N–H and O–H groups in total. The molecule has 30 heavy (non-hydrogen) atoms. The number of likely N-dealkylation sites (tertiary alicyclic amines) is 1. The number of aliphatic hydroxyl groups excluding tert-OH is 2. The second kappa shape index (κ2) is 10.9. The number of aliphatic hydroxyl groups is 2. The Morgan fingerprint density at radius 2 is 1.27 bits per heavy atom. The summed E-state index contributed by atoms with van der Waals surface area (Å²) in [6.07, 6.45) is -0.566. The summed E-state index contributed by atoms with van der Waals surface area (Å²) in [6, 6.07) is -0.565. The number of rotatable bonds is 8. The molecule has 1 aliphatic heterocycles. The van der Waals surface area contributed by atoms with Crippen molar-refractivity contribution in [3.05, 3.63) is 0 Å². The van der Waals surface area contributed by atoms with Crippen LogP contribution in [0.3, 0.4) is 0 Å². The third kappa shape index (κ3) is 7.43. The molecule has 0 bridgehead atoms. The SMILES string of the molecule is C[C@H](CO)[C@H](C)NC(=O)[C@H]1CN(C(=O)OC(C)(C)C)C[C@@H]1C(=O)N[C@H](C)[C@@H](C)CO. The highest BCUT2D eigenvalue weighted by molar-refractivity contribution is 5.90. The van der Waals surface area contributed by atoms with E-state index < -0.39 is 23.5 Å². The lowest BCUT2D eigenvalue weighted by molar-refractivity contribution is -0.134. The summed E-state index contributed by atoms with van der Waals surface area (Å²) in [4.78, 5) is 39.8. The molecule has 0 spiro atoms. The zero-order valence-corrected chi connectivity index (χ0v) is 19.3. The van der Waals surface area contributed by atoms with Crippen LogP contribution in [-0.4, -0.2) is 77.0 Å². The van der Waals surface area contributed by atoms with Gasteiger partial charge in [0.1, 0.15) is 5.60 Å². The number of hydrogen-bond acceptors (Lipinski definition) is 6. The maximum atomic E-state index is 12.9. The van der Waals surface area contributed by atoms with Crippen molar-refractivity contribution in [2.24, 2.45) is 23.7 Å². The molecule has 6 atom stereocenters. The van der Waals surface area contributed by atoms with Gasteiger partial charge in [-0.3, -0.25) is 9.59 Å². The Balaban J connectivity index is 2.99. The molecule has 9 nitrogen and oxygen atoms in total. The van der Waals surface area contributed by atoms with Crippen molar-refractivity contribution in [3.63, 3.8) is 0 Å². The summed E-state index contributed by atoms with van der Waals surface area (Å²) in [5, 5.41) is 24.3. The lowest BCUT2D eigenvalue weighted by Gasteiger charge is -2.25. The Morgan fingerprint density at radius 1 is 0.900 bits per heavy atom. The van der Waals surface area contributed by atoms with Gasteiger partial charge in [-0.05, 0) is 46.5 Å². The summed E-state index contributed by atoms with van der Waals surface area (Å²) >= 11 is 0. The van der Waals surface area contributed by atoms with Crippen LogP contribution in [0.2, 0.25) is 0 Å². The first-order chi connectivity index (χ1) is 13.8. The average Bonchev–Trinajstić information content (AvgIpc) is 3.11. The van der Waals surface area contributed by atoms with Crippen molar-refractivity contribution in [2.45, 2.75) is 66.2 Å². The Morgan fingerprint density at radius 3 is 1.57 bits per heavy atom. The average molecular weight is 430 g/mol. The minimum absolute atomic E-state index is 0.0724. The van der Waals surface area contributed by atoms with Crippen LogP contribution in [0.1, 0.15) is 48.5 Å². The first-order valence-electron chi connectivity index (χ1n) is 10.6. The minimum Gasteiger partial charge on any atom is -0.444 e. The predicted octanol–water partition coefficient (Wildman–Crippen LogP) is 0.736. The second-order valence-electron chi connectivity index (χ2n) is 9.51. The molecule has 3 amide bonds. The van der Waals surface area contributed by atoms with E-state index in [-0.39, 0.29) is 62.0 Å². The van der Waals surface area contributed by atoms with Gasteiger partial charge in [-0.2, -0.15) is 0 Å². The zero-order valence-electron chi connectivity index (χ0n) is 19.3. The largest absolute Gasteiger partial charge is 0.444 e. The highest BCUT2D eigenvalue weighted by atomic mass is 16.6. The Labute approximate surface area is 179 Å². The van der Waals surface area contributed by atoms with Gasteiger partial charge in [0.05, 0.1) is 11.8 Å². The smallest absolute Gasteiger partial charge is 0.410 e. The standard InChI is InChI=1S/C21H39N3O6/c1-12(10-25)14(3)22-18(27)16-8-24(20(29)30-21(5,6)7)9-17(16)19(28)23-15(4)13(2)11-26/h12-17,25-26H,8-11H2,1-7H3,(H,22,27)(H,23,28)/t12-,13+,14+,15-,16-,17-/m0/s1. The van der Waals surface area contributed by atoms with Gasteiger partial charge in [-0.25, -0.2) is 4.79 Å². The maximum absolute atomic E-state index is 12.9. The molecule has 0 saturated carbocycles. The predicted molar refractivity (Wildman–Crippen MR) is 112 cm³/mol. The summed E-state index contributed by atoms with van der Waals surface area (Å²) < 4.78 is 5.41. The van der Waals surface area contributed by atoms with E-state index in [0.717, 1.165) is 0 Å². The van der Waals surface area contributed by atoms with Gasteiger partial charge < -0.3 is 30.5 Å². The van der Waals surface area contributed by atoms with Gasteiger partial charge in [0.15, 0.2) is 0 Å². The van der Waals surface area contributed by atoms with E-state index in [0.29, 0.717) is 0 Å². The molecular formula is C21H39N3O6. The Kier molecular flexibility index (Phi) is 9.55. The normalized spacial score (nSPS) is 23.3. The van der Waals surface area contributed by atoms with Crippen molar-refractivity contribution < 1.29 is 29.3 Å². The molecule has 0 aromatic heterocycles. The van der Waals surface area contributed by atoms with Crippen LogP contribution in [0.4, 0.5) is 4.79 Å². The number of ether oxygens (including phenoxy) is 1. The lowest BCUT2D eigenvalue weighted by atomic mass is 9.92. The molecule has 0 aliphatic carbocycles. The first-order valence-corrected chi connectivity index (χ1v) is 10.6.